The minimum Gasteiger partial charge on any atom is -0.467 e. The summed E-state index contributed by atoms with van der Waals surface area (Å²) >= 11 is 0. The van der Waals surface area contributed by atoms with Gasteiger partial charge in [0.1, 0.15) is 5.76 Å². The SMILES string of the molecule is CC(NC(=O)CN1CC[C@H](N)C1)c1ccco1. The number of amides is 1. The van der Waals surface area contributed by atoms with Crippen LogP contribution in [0.4, 0.5) is 0 Å². The number of nitrogens with two attached hydrogens (primary N) is 1. The molecule has 1 aromatic heterocycles. The zero-order valence-corrected chi connectivity index (χ0v) is 10.1. The highest BCUT2D eigenvalue weighted by Gasteiger charge is 2.21. The molecule has 1 aromatic rings. The van der Waals surface area contributed by atoms with Gasteiger partial charge in [-0.3, -0.25) is 9.69 Å². The van der Waals surface area contributed by atoms with Gasteiger partial charge in [0.25, 0.3) is 0 Å². The summed E-state index contributed by atoms with van der Waals surface area (Å²) in [7, 11) is 0. The lowest BCUT2D eigenvalue weighted by atomic mass is 10.2. The van der Waals surface area contributed by atoms with Crippen LogP contribution in [0.25, 0.3) is 0 Å². The molecule has 0 aromatic carbocycles. The first-order valence-electron chi connectivity index (χ1n) is 5.96. The molecule has 1 saturated heterocycles. The third-order valence-electron chi connectivity index (χ3n) is 3.02. The maximum atomic E-state index is 11.8. The Morgan fingerprint density at radius 3 is 3.18 bits per heavy atom. The van der Waals surface area contributed by atoms with Gasteiger partial charge >= 0.3 is 0 Å². The van der Waals surface area contributed by atoms with E-state index >= 15 is 0 Å². The third kappa shape index (κ3) is 3.31. The van der Waals surface area contributed by atoms with Crippen molar-refractivity contribution in [3.63, 3.8) is 0 Å². The van der Waals surface area contributed by atoms with Crippen molar-refractivity contribution >= 4 is 5.91 Å². The first-order chi connectivity index (χ1) is 8.15. The van der Waals surface area contributed by atoms with Crippen molar-refractivity contribution < 1.29 is 9.21 Å². The number of carbonyl (C=O) groups is 1. The number of furan rings is 1. The summed E-state index contributed by atoms with van der Waals surface area (Å²) < 4.78 is 5.23. The molecule has 0 saturated carbocycles. The second-order valence-electron chi connectivity index (χ2n) is 4.59. The van der Waals surface area contributed by atoms with E-state index in [0.717, 1.165) is 25.3 Å². The summed E-state index contributed by atoms with van der Waals surface area (Å²) in [6.07, 6.45) is 2.58. The van der Waals surface area contributed by atoms with Gasteiger partial charge in [-0.2, -0.15) is 0 Å². The van der Waals surface area contributed by atoms with Gasteiger partial charge in [-0.15, -0.1) is 0 Å². The molecule has 0 spiro atoms. The Balaban J connectivity index is 1.77. The van der Waals surface area contributed by atoms with Crippen molar-refractivity contribution in [2.75, 3.05) is 19.6 Å². The summed E-state index contributed by atoms with van der Waals surface area (Å²) in [5.74, 6) is 0.791. The Morgan fingerprint density at radius 1 is 1.76 bits per heavy atom. The van der Waals surface area contributed by atoms with E-state index in [-0.39, 0.29) is 18.0 Å². The molecule has 5 nitrogen and oxygen atoms in total. The Bertz CT molecular complexity index is 364. The van der Waals surface area contributed by atoms with E-state index in [1.165, 1.54) is 0 Å². The highest BCUT2D eigenvalue weighted by Crippen LogP contribution is 2.12. The highest BCUT2D eigenvalue weighted by molar-refractivity contribution is 5.78. The molecule has 1 amide bonds. The molecule has 17 heavy (non-hydrogen) atoms. The molecular formula is C12H19N3O2. The molecule has 2 heterocycles. The quantitative estimate of drug-likeness (QED) is 0.799. The van der Waals surface area contributed by atoms with Crippen LogP contribution in [0.3, 0.4) is 0 Å². The van der Waals surface area contributed by atoms with E-state index in [1.54, 1.807) is 6.26 Å². The number of rotatable bonds is 4. The molecule has 1 aliphatic rings. The molecule has 2 rings (SSSR count). The standard InChI is InChI=1S/C12H19N3O2/c1-9(11-3-2-6-17-11)14-12(16)8-15-5-4-10(13)7-15/h2-3,6,9-10H,4-5,7-8,13H2,1H3,(H,14,16)/t9?,10-/m0/s1. The lowest BCUT2D eigenvalue weighted by Crippen LogP contribution is -2.38. The average Bonchev–Trinajstić information content (AvgIpc) is 2.89. The summed E-state index contributed by atoms with van der Waals surface area (Å²) in [5, 5.41) is 2.91. The zero-order valence-electron chi connectivity index (χ0n) is 10.1. The van der Waals surface area contributed by atoms with E-state index in [4.69, 9.17) is 10.2 Å². The van der Waals surface area contributed by atoms with Crippen LogP contribution in [0, 0.1) is 0 Å². The Hall–Kier alpha value is -1.33. The minimum atomic E-state index is -0.0891. The second-order valence-corrected chi connectivity index (χ2v) is 4.59. The first-order valence-corrected chi connectivity index (χ1v) is 5.96. The molecule has 3 N–H and O–H groups in total. The maximum Gasteiger partial charge on any atom is 0.234 e. The van der Waals surface area contributed by atoms with Gasteiger partial charge in [-0.05, 0) is 25.5 Å². The van der Waals surface area contributed by atoms with Crippen molar-refractivity contribution in [2.24, 2.45) is 5.73 Å². The van der Waals surface area contributed by atoms with Crippen molar-refractivity contribution in [1.82, 2.24) is 10.2 Å². The van der Waals surface area contributed by atoms with Gasteiger partial charge in [-0.25, -0.2) is 0 Å². The number of carbonyl (C=O) groups excluding carboxylic acids is 1. The van der Waals surface area contributed by atoms with Crippen LogP contribution in [-0.4, -0.2) is 36.5 Å². The highest BCUT2D eigenvalue weighted by atomic mass is 16.3. The molecule has 1 aliphatic heterocycles. The maximum absolute atomic E-state index is 11.8. The lowest BCUT2D eigenvalue weighted by Gasteiger charge is -2.17. The Kier molecular flexibility index (Phi) is 3.81. The fraction of sp³-hybridized carbons (Fsp3) is 0.583. The van der Waals surface area contributed by atoms with Gasteiger partial charge in [0.2, 0.25) is 5.91 Å². The average molecular weight is 237 g/mol. The van der Waals surface area contributed by atoms with Crippen molar-refractivity contribution in [1.29, 1.82) is 0 Å². The predicted octanol–water partition coefficient (Wildman–Crippen LogP) is 0.490. The second kappa shape index (κ2) is 5.33. The lowest BCUT2D eigenvalue weighted by molar-refractivity contribution is -0.122. The first kappa shape index (κ1) is 12.1. The van der Waals surface area contributed by atoms with E-state index in [1.807, 2.05) is 19.1 Å². The molecule has 0 aliphatic carbocycles. The van der Waals surface area contributed by atoms with Gasteiger partial charge in [0.15, 0.2) is 0 Å². The fourth-order valence-corrected chi connectivity index (χ4v) is 2.11. The van der Waals surface area contributed by atoms with Gasteiger partial charge in [0, 0.05) is 19.1 Å². The van der Waals surface area contributed by atoms with Crippen molar-refractivity contribution in [2.45, 2.75) is 25.4 Å². The van der Waals surface area contributed by atoms with Crippen LogP contribution < -0.4 is 11.1 Å². The van der Waals surface area contributed by atoms with Crippen LogP contribution >= 0.6 is 0 Å². The molecular weight excluding hydrogens is 218 g/mol. The van der Waals surface area contributed by atoms with E-state index in [9.17, 15) is 4.79 Å². The summed E-state index contributed by atoms with van der Waals surface area (Å²) in [6, 6.07) is 3.80. The smallest absolute Gasteiger partial charge is 0.234 e. The van der Waals surface area contributed by atoms with Gasteiger partial charge in [0.05, 0.1) is 18.8 Å². The van der Waals surface area contributed by atoms with Crippen LogP contribution in [0.2, 0.25) is 0 Å². The van der Waals surface area contributed by atoms with Crippen LogP contribution in [0.5, 0.6) is 0 Å². The van der Waals surface area contributed by atoms with Crippen molar-refractivity contribution in [3.8, 4) is 0 Å². The van der Waals surface area contributed by atoms with Gasteiger partial charge in [-0.1, -0.05) is 0 Å². The summed E-state index contributed by atoms with van der Waals surface area (Å²) in [6.45, 7) is 4.04. The van der Waals surface area contributed by atoms with Crippen LogP contribution in [0.1, 0.15) is 25.1 Å². The summed E-state index contributed by atoms with van der Waals surface area (Å²) in [4.78, 5) is 13.9. The monoisotopic (exact) mass is 237 g/mol. The summed E-state index contributed by atoms with van der Waals surface area (Å²) in [5.41, 5.74) is 5.79. The molecule has 0 radical (unpaired) electrons. The van der Waals surface area contributed by atoms with E-state index < -0.39 is 0 Å². The molecule has 1 unspecified atom stereocenters. The third-order valence-corrected chi connectivity index (χ3v) is 3.02. The number of hydrogen-bond acceptors (Lipinski definition) is 4. The largest absolute Gasteiger partial charge is 0.467 e. The Morgan fingerprint density at radius 2 is 2.59 bits per heavy atom. The van der Waals surface area contributed by atoms with Crippen molar-refractivity contribution in [3.05, 3.63) is 24.2 Å². The van der Waals surface area contributed by atoms with Crippen LogP contribution in [-0.2, 0) is 4.79 Å². The number of nitrogens with zero attached hydrogens (tertiary/aromatic N) is 1. The fourth-order valence-electron chi connectivity index (χ4n) is 2.11. The predicted molar refractivity (Wildman–Crippen MR) is 64.3 cm³/mol. The zero-order chi connectivity index (χ0) is 12.3. The number of likely N-dealkylation sites (tertiary alicyclic amines) is 1. The van der Waals surface area contributed by atoms with Gasteiger partial charge < -0.3 is 15.5 Å². The minimum absolute atomic E-state index is 0.0167. The van der Waals surface area contributed by atoms with E-state index in [0.29, 0.717) is 6.54 Å². The molecule has 0 bridgehead atoms. The molecule has 5 heteroatoms. The Labute approximate surface area is 101 Å². The number of nitrogens with one attached hydrogen (secondary N) is 1. The topological polar surface area (TPSA) is 71.5 Å². The van der Waals surface area contributed by atoms with E-state index in [2.05, 4.69) is 10.2 Å². The van der Waals surface area contributed by atoms with Crippen LogP contribution in [0.15, 0.2) is 22.8 Å². The molecule has 94 valence electrons. The normalized spacial score (nSPS) is 22.6. The molecule has 2 atom stereocenters. The molecule has 1 fully saturated rings. The number of hydrogen-bond donors (Lipinski definition) is 2.